The van der Waals surface area contributed by atoms with E-state index in [0.29, 0.717) is 43.2 Å². The molecule has 1 aromatic carbocycles. The monoisotopic (exact) mass is 407 g/mol. The minimum Gasteiger partial charge on any atom is -0.489 e. The first kappa shape index (κ1) is 21.6. The molecule has 0 radical (unpaired) electrons. The summed E-state index contributed by atoms with van der Waals surface area (Å²) in [6, 6.07) is 11.7. The van der Waals surface area contributed by atoms with Crippen molar-refractivity contribution in [1.82, 2.24) is 10.3 Å². The van der Waals surface area contributed by atoms with Crippen LogP contribution in [0.1, 0.15) is 25.3 Å². The molecule has 1 aliphatic rings. The number of ketones is 1. The number of methoxy groups -OCH3 is 1. The third-order valence-corrected chi connectivity index (χ3v) is 4.95. The molecule has 6 heteroatoms. The normalized spacial score (nSPS) is 16.3. The smallest absolute Gasteiger partial charge is 0.166 e. The van der Waals surface area contributed by atoms with E-state index in [1.54, 1.807) is 19.5 Å². The molecule has 2 N–H and O–H groups in total. The minimum atomic E-state index is 0.107. The van der Waals surface area contributed by atoms with Gasteiger partial charge in [-0.3, -0.25) is 9.78 Å². The van der Waals surface area contributed by atoms with Gasteiger partial charge in [-0.05, 0) is 30.5 Å². The number of para-hydroxylation sites is 1. The van der Waals surface area contributed by atoms with Crippen LogP contribution in [-0.4, -0.2) is 31.1 Å². The van der Waals surface area contributed by atoms with E-state index in [1.165, 1.54) is 0 Å². The Hall–Kier alpha value is -3.12. The highest BCUT2D eigenvalue weighted by Gasteiger charge is 2.27. The van der Waals surface area contributed by atoms with Crippen LogP contribution in [0.3, 0.4) is 0 Å². The number of nitrogens with one attached hydrogen (secondary N) is 2. The third kappa shape index (κ3) is 5.70. The lowest BCUT2D eigenvalue weighted by molar-refractivity contribution is -0.116. The van der Waals surface area contributed by atoms with E-state index in [9.17, 15) is 4.79 Å². The maximum Gasteiger partial charge on any atom is 0.166 e. The SMILES string of the molecule is C=C(Nc1ccccc1)C1=C(NCc2ccncc2OCCOC)CC(C)CC1=O. The van der Waals surface area contributed by atoms with Gasteiger partial charge in [0.1, 0.15) is 12.4 Å². The first-order valence-corrected chi connectivity index (χ1v) is 10.1. The highest BCUT2D eigenvalue weighted by atomic mass is 16.5. The number of rotatable bonds is 10. The number of carbonyl (C=O) groups excluding carboxylic acids is 1. The van der Waals surface area contributed by atoms with Gasteiger partial charge in [-0.15, -0.1) is 0 Å². The summed E-state index contributed by atoms with van der Waals surface area (Å²) < 4.78 is 10.8. The van der Waals surface area contributed by atoms with E-state index >= 15 is 0 Å². The second kappa shape index (κ2) is 10.6. The summed E-state index contributed by atoms with van der Waals surface area (Å²) in [6.45, 7) is 7.73. The Morgan fingerprint density at radius 3 is 2.77 bits per heavy atom. The molecule has 1 aromatic heterocycles. The summed E-state index contributed by atoms with van der Waals surface area (Å²) in [5, 5.41) is 6.73. The van der Waals surface area contributed by atoms with Gasteiger partial charge in [0.15, 0.2) is 5.78 Å². The standard InChI is InChI=1S/C24H29N3O3/c1-17-13-21(26-15-19-9-10-25-16-23(19)30-12-11-29-3)24(22(28)14-17)18(2)27-20-7-5-4-6-8-20/h4-10,16-17,26-27H,2,11-15H2,1,3H3. The Kier molecular flexibility index (Phi) is 7.63. The van der Waals surface area contributed by atoms with Crippen molar-refractivity contribution < 1.29 is 14.3 Å². The first-order chi connectivity index (χ1) is 14.6. The van der Waals surface area contributed by atoms with Crippen LogP contribution in [0.2, 0.25) is 0 Å². The van der Waals surface area contributed by atoms with Crippen molar-refractivity contribution in [3.63, 3.8) is 0 Å². The fourth-order valence-corrected chi connectivity index (χ4v) is 3.50. The molecular formula is C24H29N3O3. The van der Waals surface area contributed by atoms with Gasteiger partial charge in [0.05, 0.1) is 18.4 Å². The summed E-state index contributed by atoms with van der Waals surface area (Å²) in [7, 11) is 1.64. The van der Waals surface area contributed by atoms with Crippen LogP contribution in [0.15, 0.2) is 72.3 Å². The van der Waals surface area contributed by atoms with Crippen molar-refractivity contribution in [1.29, 1.82) is 0 Å². The fourth-order valence-electron chi connectivity index (χ4n) is 3.50. The highest BCUT2D eigenvalue weighted by molar-refractivity contribution is 6.01. The number of anilines is 1. The van der Waals surface area contributed by atoms with Gasteiger partial charge < -0.3 is 20.1 Å². The lowest BCUT2D eigenvalue weighted by Crippen LogP contribution is -2.28. The molecule has 0 saturated heterocycles. The molecule has 1 aliphatic carbocycles. The van der Waals surface area contributed by atoms with Crippen molar-refractivity contribution in [3.05, 3.63) is 77.9 Å². The van der Waals surface area contributed by atoms with Gasteiger partial charge >= 0.3 is 0 Å². The summed E-state index contributed by atoms with van der Waals surface area (Å²) in [6.07, 6.45) is 4.75. The zero-order valence-electron chi connectivity index (χ0n) is 17.6. The van der Waals surface area contributed by atoms with Crippen LogP contribution < -0.4 is 15.4 Å². The quantitative estimate of drug-likeness (QED) is 0.579. The summed E-state index contributed by atoms with van der Waals surface area (Å²) in [4.78, 5) is 17.0. The Labute approximate surface area is 178 Å². The first-order valence-electron chi connectivity index (χ1n) is 10.1. The minimum absolute atomic E-state index is 0.107. The Morgan fingerprint density at radius 2 is 2.00 bits per heavy atom. The molecule has 0 aliphatic heterocycles. The molecule has 0 fully saturated rings. The van der Waals surface area contributed by atoms with Gasteiger partial charge in [0.2, 0.25) is 0 Å². The number of allylic oxidation sites excluding steroid dienone is 2. The molecule has 158 valence electrons. The average Bonchev–Trinajstić information content (AvgIpc) is 2.73. The Morgan fingerprint density at radius 1 is 1.20 bits per heavy atom. The maximum absolute atomic E-state index is 12.9. The number of hydrogen-bond donors (Lipinski definition) is 2. The lowest BCUT2D eigenvalue weighted by Gasteiger charge is -2.27. The second-order valence-electron chi connectivity index (χ2n) is 7.44. The van der Waals surface area contributed by atoms with Crippen molar-refractivity contribution in [2.24, 2.45) is 5.92 Å². The van der Waals surface area contributed by atoms with Crippen molar-refractivity contribution in [3.8, 4) is 5.75 Å². The van der Waals surface area contributed by atoms with Crippen molar-refractivity contribution >= 4 is 11.5 Å². The van der Waals surface area contributed by atoms with Gasteiger partial charge in [-0.25, -0.2) is 0 Å². The second-order valence-corrected chi connectivity index (χ2v) is 7.44. The molecular weight excluding hydrogens is 378 g/mol. The zero-order chi connectivity index (χ0) is 21.3. The van der Waals surface area contributed by atoms with Crippen molar-refractivity contribution in [2.45, 2.75) is 26.3 Å². The van der Waals surface area contributed by atoms with Crippen LogP contribution >= 0.6 is 0 Å². The number of benzene rings is 1. The summed E-state index contributed by atoms with van der Waals surface area (Å²) in [5.41, 5.74) is 4.05. The van der Waals surface area contributed by atoms with Crippen LogP contribution in [-0.2, 0) is 16.1 Å². The molecule has 3 rings (SSSR count). The molecule has 1 atom stereocenters. The predicted octanol–water partition coefficient (Wildman–Crippen LogP) is 4.08. The molecule has 0 amide bonds. The molecule has 0 saturated carbocycles. The maximum atomic E-state index is 12.9. The lowest BCUT2D eigenvalue weighted by atomic mass is 9.86. The number of ether oxygens (including phenoxy) is 2. The zero-order valence-corrected chi connectivity index (χ0v) is 17.6. The van der Waals surface area contributed by atoms with Gasteiger partial charge in [-0.1, -0.05) is 31.7 Å². The molecule has 0 bridgehead atoms. The van der Waals surface area contributed by atoms with Crippen LogP contribution in [0.25, 0.3) is 0 Å². The van der Waals surface area contributed by atoms with E-state index in [4.69, 9.17) is 9.47 Å². The summed E-state index contributed by atoms with van der Waals surface area (Å²) in [5.74, 6) is 1.10. The van der Waals surface area contributed by atoms with E-state index in [2.05, 4.69) is 29.1 Å². The number of aromatic nitrogens is 1. The Bertz CT molecular complexity index is 909. The molecule has 6 nitrogen and oxygen atoms in total. The van der Waals surface area contributed by atoms with Crippen LogP contribution in [0.4, 0.5) is 5.69 Å². The van der Waals surface area contributed by atoms with E-state index in [0.717, 1.165) is 23.4 Å². The van der Waals surface area contributed by atoms with Crippen LogP contribution in [0, 0.1) is 5.92 Å². The topological polar surface area (TPSA) is 72.5 Å². The number of Topliss-reactive ketones (excluding diaryl/α,β-unsaturated/α-hetero) is 1. The molecule has 0 spiro atoms. The Balaban J connectivity index is 1.78. The number of nitrogens with zero attached hydrogens (tertiary/aromatic N) is 1. The van der Waals surface area contributed by atoms with E-state index < -0.39 is 0 Å². The van der Waals surface area contributed by atoms with E-state index in [1.807, 2.05) is 36.4 Å². The molecule has 2 aromatic rings. The van der Waals surface area contributed by atoms with Crippen LogP contribution in [0.5, 0.6) is 5.75 Å². The predicted molar refractivity (Wildman–Crippen MR) is 118 cm³/mol. The largest absolute Gasteiger partial charge is 0.489 e. The van der Waals surface area contributed by atoms with Gasteiger partial charge in [0.25, 0.3) is 0 Å². The summed E-state index contributed by atoms with van der Waals surface area (Å²) >= 11 is 0. The number of pyridine rings is 1. The van der Waals surface area contributed by atoms with Crippen molar-refractivity contribution in [2.75, 3.05) is 25.6 Å². The van der Waals surface area contributed by atoms with E-state index in [-0.39, 0.29) is 11.7 Å². The van der Waals surface area contributed by atoms with Gasteiger partial charge in [-0.2, -0.15) is 0 Å². The third-order valence-electron chi connectivity index (χ3n) is 4.95. The highest BCUT2D eigenvalue weighted by Crippen LogP contribution is 2.30. The fraction of sp³-hybridized carbons (Fsp3) is 0.333. The van der Waals surface area contributed by atoms with Gasteiger partial charge in [0, 0.05) is 48.9 Å². The molecule has 1 heterocycles. The number of hydrogen-bond acceptors (Lipinski definition) is 6. The molecule has 1 unspecified atom stereocenters. The average molecular weight is 408 g/mol. The number of carbonyl (C=O) groups is 1. The molecule has 30 heavy (non-hydrogen) atoms.